The van der Waals surface area contributed by atoms with Gasteiger partial charge < -0.3 is 11.1 Å². The first kappa shape index (κ1) is 8.37. The van der Waals surface area contributed by atoms with Crippen molar-refractivity contribution in [2.75, 3.05) is 6.54 Å². The van der Waals surface area contributed by atoms with Crippen LogP contribution in [0.25, 0.3) is 0 Å². The van der Waals surface area contributed by atoms with E-state index in [0.717, 1.165) is 12.5 Å². The van der Waals surface area contributed by atoms with Gasteiger partial charge in [0.05, 0.1) is 0 Å². The summed E-state index contributed by atoms with van der Waals surface area (Å²) in [5, 5.41) is 3.05. The lowest BCUT2D eigenvalue weighted by molar-refractivity contribution is 0.719. The van der Waals surface area contributed by atoms with Crippen molar-refractivity contribution >= 4 is 5.96 Å². The van der Waals surface area contributed by atoms with Crippen LogP contribution in [0.1, 0.15) is 26.7 Å². The van der Waals surface area contributed by atoms with Crippen molar-refractivity contribution in [1.29, 1.82) is 0 Å². The molecule has 0 bridgehead atoms. The molecular formula is C8H17N3. The molecule has 0 aliphatic heterocycles. The molecule has 0 atom stereocenters. The Kier molecular flexibility index (Phi) is 2.74. The first-order valence-corrected chi connectivity index (χ1v) is 4.25. The fourth-order valence-corrected chi connectivity index (χ4v) is 0.869. The Labute approximate surface area is 68.1 Å². The Morgan fingerprint density at radius 3 is 2.73 bits per heavy atom. The normalized spacial score (nSPS) is 19.0. The van der Waals surface area contributed by atoms with Gasteiger partial charge in [-0.3, -0.25) is 4.99 Å². The molecule has 0 aromatic heterocycles. The van der Waals surface area contributed by atoms with Crippen molar-refractivity contribution in [2.24, 2.45) is 16.6 Å². The Hall–Kier alpha value is -0.730. The second kappa shape index (κ2) is 3.60. The minimum atomic E-state index is 0.387. The van der Waals surface area contributed by atoms with Crippen molar-refractivity contribution in [2.45, 2.75) is 32.7 Å². The number of aliphatic imine (C=N–C) groups is 1. The highest BCUT2D eigenvalue weighted by molar-refractivity contribution is 5.78. The van der Waals surface area contributed by atoms with Crippen molar-refractivity contribution in [3.63, 3.8) is 0 Å². The highest BCUT2D eigenvalue weighted by atomic mass is 15.1. The monoisotopic (exact) mass is 155 g/mol. The summed E-state index contributed by atoms with van der Waals surface area (Å²) in [6.45, 7) is 5.02. The molecule has 0 aromatic rings. The molecule has 0 aromatic carbocycles. The van der Waals surface area contributed by atoms with Gasteiger partial charge in [-0.2, -0.15) is 0 Å². The molecule has 0 spiro atoms. The molecule has 11 heavy (non-hydrogen) atoms. The van der Waals surface area contributed by atoms with E-state index in [1.807, 2.05) is 0 Å². The molecule has 1 saturated carbocycles. The summed E-state index contributed by atoms with van der Waals surface area (Å²) in [6, 6.07) is 0.387. The topological polar surface area (TPSA) is 50.4 Å². The van der Waals surface area contributed by atoms with Crippen molar-refractivity contribution in [3.05, 3.63) is 0 Å². The largest absolute Gasteiger partial charge is 0.370 e. The Morgan fingerprint density at radius 1 is 1.64 bits per heavy atom. The van der Waals surface area contributed by atoms with Crippen LogP contribution in [0.4, 0.5) is 0 Å². The molecule has 3 heteroatoms. The standard InChI is InChI=1S/C8H17N3/c1-6(2)11-8(9)10-5-7-3-4-7/h6-7H,3-5H2,1-2H3,(H3,9,10,11). The summed E-state index contributed by atoms with van der Waals surface area (Å²) < 4.78 is 0. The van der Waals surface area contributed by atoms with E-state index in [2.05, 4.69) is 24.2 Å². The second-order valence-electron chi connectivity index (χ2n) is 3.47. The van der Waals surface area contributed by atoms with Crippen molar-refractivity contribution < 1.29 is 0 Å². The third-order valence-electron chi connectivity index (χ3n) is 1.65. The van der Waals surface area contributed by atoms with Gasteiger partial charge in [0, 0.05) is 12.6 Å². The number of hydrogen-bond donors (Lipinski definition) is 2. The second-order valence-corrected chi connectivity index (χ2v) is 3.47. The van der Waals surface area contributed by atoms with Gasteiger partial charge >= 0.3 is 0 Å². The van der Waals surface area contributed by atoms with Crippen LogP contribution in [0, 0.1) is 5.92 Å². The molecule has 1 aliphatic carbocycles. The Balaban J connectivity index is 2.14. The summed E-state index contributed by atoms with van der Waals surface area (Å²) in [5.41, 5.74) is 5.59. The molecule has 3 N–H and O–H groups in total. The maximum absolute atomic E-state index is 5.59. The zero-order valence-corrected chi connectivity index (χ0v) is 7.30. The average Bonchev–Trinajstić information content (AvgIpc) is 2.63. The van der Waals surface area contributed by atoms with E-state index in [9.17, 15) is 0 Å². The van der Waals surface area contributed by atoms with E-state index >= 15 is 0 Å². The molecule has 1 aliphatic rings. The SMILES string of the molecule is CC(C)NC(N)=NCC1CC1. The van der Waals surface area contributed by atoms with Crippen LogP contribution >= 0.6 is 0 Å². The number of guanidine groups is 1. The molecule has 0 amide bonds. The number of rotatable bonds is 3. The van der Waals surface area contributed by atoms with E-state index in [1.165, 1.54) is 12.8 Å². The van der Waals surface area contributed by atoms with E-state index in [1.54, 1.807) is 0 Å². The fraction of sp³-hybridized carbons (Fsp3) is 0.875. The summed E-state index contributed by atoms with van der Waals surface area (Å²) in [6.07, 6.45) is 2.66. The van der Waals surface area contributed by atoms with Gasteiger partial charge in [0.25, 0.3) is 0 Å². The van der Waals surface area contributed by atoms with Gasteiger partial charge in [-0.05, 0) is 32.6 Å². The van der Waals surface area contributed by atoms with Crippen molar-refractivity contribution in [3.8, 4) is 0 Å². The summed E-state index contributed by atoms with van der Waals surface area (Å²) >= 11 is 0. The van der Waals surface area contributed by atoms with Crippen LogP contribution in [0.3, 0.4) is 0 Å². The minimum absolute atomic E-state index is 0.387. The Morgan fingerprint density at radius 2 is 2.27 bits per heavy atom. The average molecular weight is 155 g/mol. The molecule has 64 valence electrons. The zero-order chi connectivity index (χ0) is 8.27. The number of nitrogens with zero attached hydrogens (tertiary/aromatic N) is 1. The highest BCUT2D eigenvalue weighted by Gasteiger charge is 2.20. The van der Waals surface area contributed by atoms with Gasteiger partial charge in [0.2, 0.25) is 0 Å². The summed E-state index contributed by atoms with van der Waals surface area (Å²) in [5.74, 6) is 1.41. The van der Waals surface area contributed by atoms with E-state index in [4.69, 9.17) is 5.73 Å². The smallest absolute Gasteiger partial charge is 0.188 e. The van der Waals surface area contributed by atoms with Crippen LogP contribution in [0.15, 0.2) is 4.99 Å². The third-order valence-corrected chi connectivity index (χ3v) is 1.65. The lowest BCUT2D eigenvalue weighted by Gasteiger charge is -2.07. The van der Waals surface area contributed by atoms with Crippen LogP contribution < -0.4 is 11.1 Å². The van der Waals surface area contributed by atoms with Crippen LogP contribution in [0.5, 0.6) is 0 Å². The van der Waals surface area contributed by atoms with Gasteiger partial charge in [-0.15, -0.1) is 0 Å². The molecule has 1 rings (SSSR count). The predicted octanol–water partition coefficient (Wildman–Crippen LogP) is 0.709. The predicted molar refractivity (Wildman–Crippen MR) is 47.5 cm³/mol. The Bertz CT molecular complexity index is 147. The number of nitrogens with two attached hydrogens (primary N) is 1. The van der Waals surface area contributed by atoms with Crippen molar-refractivity contribution in [1.82, 2.24) is 5.32 Å². The molecule has 0 unspecified atom stereocenters. The minimum Gasteiger partial charge on any atom is -0.370 e. The third kappa shape index (κ3) is 3.86. The lowest BCUT2D eigenvalue weighted by Crippen LogP contribution is -2.36. The maximum atomic E-state index is 5.59. The van der Waals surface area contributed by atoms with E-state index in [-0.39, 0.29) is 0 Å². The molecule has 0 heterocycles. The van der Waals surface area contributed by atoms with E-state index < -0.39 is 0 Å². The molecule has 0 radical (unpaired) electrons. The van der Waals surface area contributed by atoms with Crippen LogP contribution in [-0.2, 0) is 0 Å². The summed E-state index contributed by atoms with van der Waals surface area (Å²) in [7, 11) is 0. The quantitative estimate of drug-likeness (QED) is 0.466. The molecule has 3 nitrogen and oxygen atoms in total. The zero-order valence-electron chi connectivity index (χ0n) is 7.30. The number of hydrogen-bond acceptors (Lipinski definition) is 1. The molecule has 1 fully saturated rings. The first-order chi connectivity index (χ1) is 5.18. The van der Waals surface area contributed by atoms with Gasteiger partial charge in [-0.25, -0.2) is 0 Å². The fourth-order valence-electron chi connectivity index (χ4n) is 0.869. The lowest BCUT2D eigenvalue weighted by atomic mass is 10.4. The maximum Gasteiger partial charge on any atom is 0.188 e. The van der Waals surface area contributed by atoms with Gasteiger partial charge in [0.15, 0.2) is 5.96 Å². The van der Waals surface area contributed by atoms with Gasteiger partial charge in [-0.1, -0.05) is 0 Å². The molecular weight excluding hydrogens is 138 g/mol. The first-order valence-electron chi connectivity index (χ1n) is 4.25. The number of nitrogens with one attached hydrogen (secondary N) is 1. The highest BCUT2D eigenvalue weighted by Crippen LogP contribution is 2.28. The van der Waals surface area contributed by atoms with E-state index in [0.29, 0.717) is 12.0 Å². The van der Waals surface area contributed by atoms with Crippen LogP contribution in [0.2, 0.25) is 0 Å². The summed E-state index contributed by atoms with van der Waals surface area (Å²) in [4.78, 5) is 4.21. The molecule has 0 saturated heterocycles. The van der Waals surface area contributed by atoms with Crippen LogP contribution in [-0.4, -0.2) is 18.5 Å². The van der Waals surface area contributed by atoms with Gasteiger partial charge in [0.1, 0.15) is 0 Å².